The lowest BCUT2D eigenvalue weighted by atomic mass is 10.1. The average molecular weight is 242 g/mol. The molecule has 0 radical (unpaired) electrons. The standard InChI is InChI=1S/C14H18N4/c1-10-4-2-7-13(10)17-12-6-3-5-11(8-12)14-15-9-16-18-14/h3,5-6,8-10,13,17H,2,4,7H2,1H3,(H,15,16,18). The van der Waals surface area contributed by atoms with Crippen LogP contribution in [0.4, 0.5) is 5.69 Å². The zero-order valence-electron chi connectivity index (χ0n) is 10.6. The Kier molecular flexibility index (Phi) is 3.00. The quantitative estimate of drug-likeness (QED) is 0.869. The molecule has 0 bridgehead atoms. The van der Waals surface area contributed by atoms with Gasteiger partial charge in [0.25, 0.3) is 0 Å². The molecule has 0 amide bonds. The first-order chi connectivity index (χ1) is 8.83. The first-order valence-electron chi connectivity index (χ1n) is 6.55. The maximum absolute atomic E-state index is 4.18. The van der Waals surface area contributed by atoms with Gasteiger partial charge in [0, 0.05) is 17.3 Å². The fourth-order valence-corrected chi connectivity index (χ4v) is 2.67. The van der Waals surface area contributed by atoms with E-state index in [9.17, 15) is 0 Å². The topological polar surface area (TPSA) is 53.6 Å². The highest BCUT2D eigenvalue weighted by molar-refractivity contribution is 5.62. The summed E-state index contributed by atoms with van der Waals surface area (Å²) in [7, 11) is 0. The molecule has 0 spiro atoms. The van der Waals surface area contributed by atoms with Crippen molar-refractivity contribution in [3.8, 4) is 11.4 Å². The molecular weight excluding hydrogens is 224 g/mol. The van der Waals surface area contributed by atoms with Gasteiger partial charge in [0.1, 0.15) is 6.33 Å². The van der Waals surface area contributed by atoms with Gasteiger partial charge in [-0.3, -0.25) is 5.10 Å². The van der Waals surface area contributed by atoms with Crippen LogP contribution in [0.15, 0.2) is 30.6 Å². The third-order valence-electron chi connectivity index (χ3n) is 3.76. The van der Waals surface area contributed by atoms with Crippen molar-refractivity contribution in [2.75, 3.05) is 5.32 Å². The molecular formula is C14H18N4. The normalized spacial score (nSPS) is 23.2. The van der Waals surface area contributed by atoms with Crippen LogP contribution >= 0.6 is 0 Å². The molecule has 2 atom stereocenters. The Morgan fingerprint density at radius 3 is 3.00 bits per heavy atom. The summed E-state index contributed by atoms with van der Waals surface area (Å²) in [5.74, 6) is 1.58. The van der Waals surface area contributed by atoms with E-state index in [4.69, 9.17) is 0 Å². The van der Waals surface area contributed by atoms with Crippen LogP contribution in [0, 0.1) is 5.92 Å². The molecule has 4 nitrogen and oxygen atoms in total. The van der Waals surface area contributed by atoms with Gasteiger partial charge in [-0.15, -0.1) is 0 Å². The number of nitrogens with one attached hydrogen (secondary N) is 2. The highest BCUT2D eigenvalue weighted by Crippen LogP contribution is 2.29. The van der Waals surface area contributed by atoms with E-state index >= 15 is 0 Å². The minimum atomic E-state index is 0.606. The Bertz CT molecular complexity index is 506. The molecule has 2 N–H and O–H groups in total. The fraction of sp³-hybridized carbons (Fsp3) is 0.429. The number of aromatic amines is 1. The average Bonchev–Trinajstić information content (AvgIpc) is 3.02. The third kappa shape index (κ3) is 2.23. The maximum Gasteiger partial charge on any atom is 0.155 e. The molecule has 0 aliphatic heterocycles. The highest BCUT2D eigenvalue weighted by Gasteiger charge is 2.22. The molecule has 1 saturated carbocycles. The summed E-state index contributed by atoms with van der Waals surface area (Å²) < 4.78 is 0. The van der Waals surface area contributed by atoms with Crippen LogP contribution in [0.1, 0.15) is 26.2 Å². The second-order valence-electron chi connectivity index (χ2n) is 5.07. The predicted molar refractivity (Wildman–Crippen MR) is 72.2 cm³/mol. The largest absolute Gasteiger partial charge is 0.382 e. The molecule has 2 aromatic rings. The maximum atomic E-state index is 4.18. The van der Waals surface area contributed by atoms with E-state index in [1.807, 2.05) is 6.07 Å². The second kappa shape index (κ2) is 4.80. The van der Waals surface area contributed by atoms with Crippen molar-refractivity contribution in [3.05, 3.63) is 30.6 Å². The summed E-state index contributed by atoms with van der Waals surface area (Å²) in [6, 6.07) is 8.95. The van der Waals surface area contributed by atoms with Crippen molar-refractivity contribution in [1.29, 1.82) is 0 Å². The minimum Gasteiger partial charge on any atom is -0.382 e. The van der Waals surface area contributed by atoms with Gasteiger partial charge >= 0.3 is 0 Å². The SMILES string of the molecule is CC1CCCC1Nc1cccc(-c2ncn[nH]2)c1. The van der Waals surface area contributed by atoms with E-state index in [1.165, 1.54) is 31.3 Å². The summed E-state index contributed by atoms with van der Waals surface area (Å²) in [5, 5.41) is 10.4. The van der Waals surface area contributed by atoms with Crippen molar-refractivity contribution < 1.29 is 0 Å². The third-order valence-corrected chi connectivity index (χ3v) is 3.76. The molecule has 4 heteroatoms. The summed E-state index contributed by atoms with van der Waals surface area (Å²) in [5.41, 5.74) is 2.24. The van der Waals surface area contributed by atoms with Gasteiger partial charge in [0.2, 0.25) is 0 Å². The molecule has 1 aromatic carbocycles. The van der Waals surface area contributed by atoms with Gasteiger partial charge in [0.15, 0.2) is 5.82 Å². The molecule has 1 heterocycles. The Morgan fingerprint density at radius 2 is 2.28 bits per heavy atom. The van der Waals surface area contributed by atoms with E-state index in [1.54, 1.807) is 0 Å². The molecule has 18 heavy (non-hydrogen) atoms. The Labute approximate surface area is 107 Å². The first-order valence-corrected chi connectivity index (χ1v) is 6.55. The number of benzene rings is 1. The smallest absolute Gasteiger partial charge is 0.155 e. The number of H-pyrrole nitrogens is 1. The predicted octanol–water partition coefficient (Wildman–Crippen LogP) is 3.07. The summed E-state index contributed by atoms with van der Waals surface area (Å²) in [6.45, 7) is 2.32. The number of anilines is 1. The number of aromatic nitrogens is 3. The number of rotatable bonds is 3. The van der Waals surface area contributed by atoms with E-state index in [-0.39, 0.29) is 0 Å². The van der Waals surface area contributed by atoms with Crippen molar-refractivity contribution in [3.63, 3.8) is 0 Å². The number of hydrogen-bond acceptors (Lipinski definition) is 3. The van der Waals surface area contributed by atoms with Crippen molar-refractivity contribution in [1.82, 2.24) is 15.2 Å². The first kappa shape index (κ1) is 11.3. The summed E-state index contributed by atoms with van der Waals surface area (Å²) in [6.07, 6.45) is 5.47. The molecule has 3 rings (SSSR count). The molecule has 1 aromatic heterocycles. The van der Waals surface area contributed by atoms with Gasteiger partial charge in [-0.05, 0) is 30.9 Å². The zero-order chi connectivity index (χ0) is 12.4. The van der Waals surface area contributed by atoms with Crippen LogP contribution in [-0.4, -0.2) is 21.2 Å². The van der Waals surface area contributed by atoms with Gasteiger partial charge in [-0.1, -0.05) is 25.5 Å². The molecule has 1 fully saturated rings. The van der Waals surface area contributed by atoms with E-state index in [0.717, 1.165) is 17.3 Å². The van der Waals surface area contributed by atoms with E-state index in [0.29, 0.717) is 6.04 Å². The Balaban J connectivity index is 1.79. The molecule has 0 saturated heterocycles. The van der Waals surface area contributed by atoms with Crippen LogP contribution < -0.4 is 5.32 Å². The van der Waals surface area contributed by atoms with Crippen LogP contribution in [0.25, 0.3) is 11.4 Å². The summed E-state index contributed by atoms with van der Waals surface area (Å²) >= 11 is 0. The van der Waals surface area contributed by atoms with Crippen molar-refractivity contribution >= 4 is 5.69 Å². The van der Waals surface area contributed by atoms with Gasteiger partial charge < -0.3 is 5.32 Å². The van der Waals surface area contributed by atoms with Crippen LogP contribution in [0.2, 0.25) is 0 Å². The molecule has 1 aliphatic carbocycles. The van der Waals surface area contributed by atoms with E-state index in [2.05, 4.69) is 45.6 Å². The monoisotopic (exact) mass is 242 g/mol. The number of nitrogens with zero attached hydrogens (tertiary/aromatic N) is 2. The second-order valence-corrected chi connectivity index (χ2v) is 5.07. The molecule has 2 unspecified atom stereocenters. The van der Waals surface area contributed by atoms with Gasteiger partial charge in [-0.2, -0.15) is 5.10 Å². The van der Waals surface area contributed by atoms with Crippen LogP contribution in [0.5, 0.6) is 0 Å². The fourth-order valence-electron chi connectivity index (χ4n) is 2.67. The lowest BCUT2D eigenvalue weighted by Crippen LogP contribution is -2.21. The summed E-state index contributed by atoms with van der Waals surface area (Å²) in [4.78, 5) is 4.18. The van der Waals surface area contributed by atoms with Crippen LogP contribution in [0.3, 0.4) is 0 Å². The van der Waals surface area contributed by atoms with Crippen LogP contribution in [-0.2, 0) is 0 Å². The highest BCUT2D eigenvalue weighted by atomic mass is 15.2. The molecule has 1 aliphatic rings. The lowest BCUT2D eigenvalue weighted by Gasteiger charge is -2.18. The van der Waals surface area contributed by atoms with E-state index < -0.39 is 0 Å². The van der Waals surface area contributed by atoms with Crippen molar-refractivity contribution in [2.24, 2.45) is 5.92 Å². The Hall–Kier alpha value is -1.84. The minimum absolute atomic E-state index is 0.606. The molecule has 94 valence electrons. The van der Waals surface area contributed by atoms with Gasteiger partial charge in [-0.25, -0.2) is 4.98 Å². The van der Waals surface area contributed by atoms with Gasteiger partial charge in [0.05, 0.1) is 0 Å². The van der Waals surface area contributed by atoms with Crippen molar-refractivity contribution in [2.45, 2.75) is 32.2 Å². The Morgan fingerprint density at radius 1 is 1.33 bits per heavy atom. The number of hydrogen-bond donors (Lipinski definition) is 2. The zero-order valence-corrected chi connectivity index (χ0v) is 10.6. The lowest BCUT2D eigenvalue weighted by molar-refractivity contribution is 0.556.